The number of nitrogens with zero attached hydrogens (tertiary/aromatic N) is 1. The van der Waals surface area contributed by atoms with Crippen molar-refractivity contribution in [2.75, 3.05) is 32.8 Å². The maximum atomic E-state index is 12.6. The van der Waals surface area contributed by atoms with Gasteiger partial charge in [0.25, 0.3) is 6.43 Å². The Morgan fingerprint density at radius 3 is 2.39 bits per heavy atom. The molecule has 1 aromatic carbocycles. The zero-order valence-electron chi connectivity index (χ0n) is 9.86. The molecule has 0 atom stereocenters. The summed E-state index contributed by atoms with van der Waals surface area (Å²) in [6.45, 7) is 0.0916. The SMILES string of the molecule is OCCN(CCOc1ccc(F)cc1)CC(F)F. The highest BCUT2D eigenvalue weighted by atomic mass is 19.3. The van der Waals surface area contributed by atoms with Crippen LogP contribution in [0.5, 0.6) is 5.75 Å². The van der Waals surface area contributed by atoms with Crippen molar-refractivity contribution in [3.05, 3.63) is 30.1 Å². The number of aliphatic hydroxyl groups is 1. The topological polar surface area (TPSA) is 32.7 Å². The number of alkyl halides is 2. The number of hydrogen-bond acceptors (Lipinski definition) is 3. The summed E-state index contributed by atoms with van der Waals surface area (Å²) in [6.07, 6.45) is -2.44. The van der Waals surface area contributed by atoms with E-state index in [4.69, 9.17) is 9.84 Å². The molecule has 3 nitrogen and oxygen atoms in total. The number of aliphatic hydroxyl groups excluding tert-OH is 1. The molecule has 0 saturated heterocycles. The molecule has 1 aromatic rings. The Balaban J connectivity index is 2.31. The van der Waals surface area contributed by atoms with Crippen LogP contribution in [0, 0.1) is 5.82 Å². The second kappa shape index (κ2) is 7.94. The fourth-order valence-corrected chi connectivity index (χ4v) is 1.45. The van der Waals surface area contributed by atoms with Crippen LogP contribution in [-0.4, -0.2) is 49.3 Å². The Morgan fingerprint density at radius 1 is 1.17 bits per heavy atom. The molecular weight excluding hydrogens is 247 g/mol. The van der Waals surface area contributed by atoms with E-state index in [0.29, 0.717) is 5.75 Å². The quantitative estimate of drug-likeness (QED) is 0.775. The maximum Gasteiger partial charge on any atom is 0.251 e. The van der Waals surface area contributed by atoms with Crippen molar-refractivity contribution in [3.63, 3.8) is 0 Å². The summed E-state index contributed by atoms with van der Waals surface area (Å²) in [5.74, 6) is 0.124. The van der Waals surface area contributed by atoms with Gasteiger partial charge in [0, 0.05) is 13.1 Å². The molecule has 1 rings (SSSR count). The molecule has 0 bridgehead atoms. The molecule has 0 saturated carbocycles. The predicted octanol–water partition coefficient (Wildman–Crippen LogP) is 1.76. The third kappa shape index (κ3) is 5.88. The summed E-state index contributed by atoms with van der Waals surface area (Å²) < 4.78 is 42.3. The minimum absolute atomic E-state index is 0.177. The van der Waals surface area contributed by atoms with E-state index in [1.807, 2.05) is 0 Å². The average Bonchev–Trinajstić information content (AvgIpc) is 2.31. The van der Waals surface area contributed by atoms with Gasteiger partial charge in [-0.05, 0) is 24.3 Å². The van der Waals surface area contributed by atoms with Crippen LogP contribution < -0.4 is 4.74 Å². The van der Waals surface area contributed by atoms with Gasteiger partial charge in [0.2, 0.25) is 0 Å². The zero-order chi connectivity index (χ0) is 13.4. The summed E-state index contributed by atoms with van der Waals surface area (Å²) in [5, 5.41) is 8.73. The maximum absolute atomic E-state index is 12.6. The van der Waals surface area contributed by atoms with Crippen molar-refractivity contribution >= 4 is 0 Å². The molecule has 0 aliphatic rings. The van der Waals surface area contributed by atoms with Crippen LogP contribution in [0.2, 0.25) is 0 Å². The van der Waals surface area contributed by atoms with E-state index in [2.05, 4.69) is 0 Å². The number of rotatable bonds is 8. The van der Waals surface area contributed by atoms with Crippen molar-refractivity contribution in [3.8, 4) is 5.75 Å². The normalized spacial score (nSPS) is 11.2. The Hall–Kier alpha value is -1.27. The monoisotopic (exact) mass is 263 g/mol. The highest BCUT2D eigenvalue weighted by Gasteiger charge is 2.11. The molecule has 0 aliphatic heterocycles. The Bertz CT molecular complexity index is 333. The fourth-order valence-electron chi connectivity index (χ4n) is 1.45. The van der Waals surface area contributed by atoms with Crippen LogP contribution in [-0.2, 0) is 0 Å². The van der Waals surface area contributed by atoms with Crippen molar-refractivity contribution in [1.82, 2.24) is 4.90 Å². The lowest BCUT2D eigenvalue weighted by Gasteiger charge is -2.20. The van der Waals surface area contributed by atoms with E-state index in [0.717, 1.165) is 0 Å². The first-order chi connectivity index (χ1) is 8.61. The summed E-state index contributed by atoms with van der Waals surface area (Å²) in [4.78, 5) is 1.41. The minimum atomic E-state index is -2.44. The van der Waals surface area contributed by atoms with Crippen LogP contribution in [0.15, 0.2) is 24.3 Å². The molecule has 18 heavy (non-hydrogen) atoms. The number of hydrogen-bond donors (Lipinski definition) is 1. The third-order valence-corrected chi connectivity index (χ3v) is 2.30. The standard InChI is InChI=1S/C12H16F3NO2/c13-10-1-3-11(4-2-10)18-8-6-16(5-7-17)9-12(14)15/h1-4,12,17H,5-9H2. The van der Waals surface area contributed by atoms with Gasteiger partial charge >= 0.3 is 0 Å². The molecule has 0 spiro atoms. The van der Waals surface area contributed by atoms with E-state index < -0.39 is 13.0 Å². The van der Waals surface area contributed by atoms with Crippen LogP contribution in [0.25, 0.3) is 0 Å². The van der Waals surface area contributed by atoms with Gasteiger partial charge in [-0.3, -0.25) is 4.90 Å². The van der Waals surface area contributed by atoms with E-state index in [9.17, 15) is 13.2 Å². The Labute approximate surface area is 104 Å². The molecule has 0 amide bonds. The molecule has 0 radical (unpaired) electrons. The molecule has 6 heteroatoms. The average molecular weight is 263 g/mol. The van der Waals surface area contributed by atoms with Crippen molar-refractivity contribution < 1.29 is 23.0 Å². The largest absolute Gasteiger partial charge is 0.492 e. The molecule has 102 valence electrons. The van der Waals surface area contributed by atoms with Crippen LogP contribution in [0.4, 0.5) is 13.2 Å². The zero-order valence-corrected chi connectivity index (χ0v) is 9.86. The number of halogens is 3. The van der Waals surface area contributed by atoms with Crippen LogP contribution in [0.3, 0.4) is 0 Å². The van der Waals surface area contributed by atoms with Gasteiger partial charge in [0.05, 0.1) is 13.2 Å². The second-order valence-electron chi connectivity index (χ2n) is 3.72. The Morgan fingerprint density at radius 2 is 1.83 bits per heavy atom. The molecule has 0 fully saturated rings. The lowest BCUT2D eigenvalue weighted by Crippen LogP contribution is -2.35. The van der Waals surface area contributed by atoms with Crippen LogP contribution in [0.1, 0.15) is 0 Å². The van der Waals surface area contributed by atoms with Crippen molar-refractivity contribution in [2.45, 2.75) is 6.43 Å². The summed E-state index contributed by atoms with van der Waals surface area (Å²) in [6, 6.07) is 5.47. The molecular formula is C12H16F3NO2. The lowest BCUT2D eigenvalue weighted by molar-refractivity contribution is 0.0709. The van der Waals surface area contributed by atoms with E-state index in [1.54, 1.807) is 0 Å². The molecule has 0 heterocycles. The minimum Gasteiger partial charge on any atom is -0.492 e. The summed E-state index contributed by atoms with van der Waals surface area (Å²) >= 11 is 0. The van der Waals surface area contributed by atoms with Gasteiger partial charge in [-0.25, -0.2) is 13.2 Å². The molecule has 0 unspecified atom stereocenters. The second-order valence-corrected chi connectivity index (χ2v) is 3.72. The molecule has 1 N–H and O–H groups in total. The first kappa shape index (κ1) is 14.8. The highest BCUT2D eigenvalue weighted by molar-refractivity contribution is 5.21. The van der Waals surface area contributed by atoms with Gasteiger partial charge in [-0.15, -0.1) is 0 Å². The number of benzene rings is 1. The molecule has 0 aromatic heterocycles. The first-order valence-electron chi connectivity index (χ1n) is 5.61. The predicted molar refractivity (Wildman–Crippen MR) is 61.4 cm³/mol. The van der Waals surface area contributed by atoms with Gasteiger partial charge in [0.1, 0.15) is 18.2 Å². The highest BCUT2D eigenvalue weighted by Crippen LogP contribution is 2.10. The van der Waals surface area contributed by atoms with E-state index >= 15 is 0 Å². The van der Waals surface area contributed by atoms with Gasteiger partial charge in [0.15, 0.2) is 0 Å². The summed E-state index contributed by atoms with van der Waals surface area (Å²) in [7, 11) is 0. The lowest BCUT2D eigenvalue weighted by atomic mass is 10.3. The Kier molecular flexibility index (Phi) is 6.53. The summed E-state index contributed by atoms with van der Waals surface area (Å²) in [5.41, 5.74) is 0. The fraction of sp³-hybridized carbons (Fsp3) is 0.500. The van der Waals surface area contributed by atoms with E-state index in [1.165, 1.54) is 29.2 Å². The van der Waals surface area contributed by atoms with E-state index in [-0.39, 0.29) is 32.1 Å². The first-order valence-corrected chi connectivity index (χ1v) is 5.61. The third-order valence-electron chi connectivity index (χ3n) is 2.30. The molecule has 0 aliphatic carbocycles. The van der Waals surface area contributed by atoms with Crippen LogP contribution >= 0.6 is 0 Å². The van der Waals surface area contributed by atoms with Crippen molar-refractivity contribution in [2.24, 2.45) is 0 Å². The smallest absolute Gasteiger partial charge is 0.251 e. The number of ether oxygens (including phenoxy) is 1. The van der Waals surface area contributed by atoms with Gasteiger partial charge in [-0.2, -0.15) is 0 Å². The van der Waals surface area contributed by atoms with Gasteiger partial charge < -0.3 is 9.84 Å². The van der Waals surface area contributed by atoms with Crippen molar-refractivity contribution in [1.29, 1.82) is 0 Å². The van der Waals surface area contributed by atoms with Gasteiger partial charge in [-0.1, -0.05) is 0 Å².